The van der Waals surface area contributed by atoms with Crippen molar-refractivity contribution in [3.05, 3.63) is 48.0 Å². The van der Waals surface area contributed by atoms with Gasteiger partial charge in [-0.3, -0.25) is 9.48 Å². The van der Waals surface area contributed by atoms with Gasteiger partial charge in [-0.15, -0.1) is 0 Å². The van der Waals surface area contributed by atoms with E-state index < -0.39 is 0 Å². The number of amides is 1. The van der Waals surface area contributed by atoms with Crippen LogP contribution in [0.25, 0.3) is 0 Å². The van der Waals surface area contributed by atoms with Crippen molar-refractivity contribution in [3.8, 4) is 0 Å². The lowest BCUT2D eigenvalue weighted by Crippen LogP contribution is -2.37. The summed E-state index contributed by atoms with van der Waals surface area (Å²) in [6, 6.07) is 5.68. The minimum atomic E-state index is -0.375. The molecule has 0 aliphatic heterocycles. The van der Waals surface area contributed by atoms with Crippen molar-refractivity contribution in [2.75, 3.05) is 5.32 Å². The third kappa shape index (κ3) is 4.30. The normalized spacial score (nSPS) is 12.0. The van der Waals surface area contributed by atoms with Gasteiger partial charge in [0.25, 0.3) is 0 Å². The number of rotatable bonds is 6. The first-order chi connectivity index (χ1) is 10.1. The monoisotopic (exact) mass is 290 g/mol. The SMILES string of the molecule is CCn1cc(N[C@H](C)C(=O)NCc2ccc(F)cc2)cn1. The van der Waals surface area contributed by atoms with E-state index in [9.17, 15) is 9.18 Å². The summed E-state index contributed by atoms with van der Waals surface area (Å²) in [6.07, 6.45) is 3.54. The highest BCUT2D eigenvalue weighted by Crippen LogP contribution is 2.07. The number of aromatic nitrogens is 2. The molecule has 1 aromatic heterocycles. The van der Waals surface area contributed by atoms with Crippen LogP contribution in [-0.4, -0.2) is 21.7 Å². The van der Waals surface area contributed by atoms with Crippen LogP contribution in [0.3, 0.4) is 0 Å². The Balaban J connectivity index is 1.83. The van der Waals surface area contributed by atoms with Gasteiger partial charge in [-0.25, -0.2) is 4.39 Å². The molecule has 0 spiro atoms. The fraction of sp³-hybridized carbons (Fsp3) is 0.333. The van der Waals surface area contributed by atoms with Crippen LogP contribution in [-0.2, 0) is 17.9 Å². The number of carbonyl (C=O) groups is 1. The van der Waals surface area contributed by atoms with E-state index in [1.54, 1.807) is 29.9 Å². The van der Waals surface area contributed by atoms with Crippen molar-refractivity contribution >= 4 is 11.6 Å². The number of halogens is 1. The highest BCUT2D eigenvalue weighted by molar-refractivity contribution is 5.84. The number of nitrogens with one attached hydrogen (secondary N) is 2. The molecule has 0 saturated heterocycles. The van der Waals surface area contributed by atoms with Crippen molar-refractivity contribution in [1.82, 2.24) is 15.1 Å². The standard InChI is InChI=1S/C15H19FN4O/c1-3-20-10-14(9-18-20)19-11(2)15(21)17-8-12-4-6-13(16)7-5-12/h4-7,9-11,19H,3,8H2,1-2H3,(H,17,21)/t11-/m1/s1. The van der Waals surface area contributed by atoms with E-state index in [4.69, 9.17) is 0 Å². The summed E-state index contributed by atoms with van der Waals surface area (Å²) < 4.78 is 14.6. The smallest absolute Gasteiger partial charge is 0.242 e. The first-order valence-corrected chi connectivity index (χ1v) is 6.89. The first kappa shape index (κ1) is 15.0. The molecule has 0 saturated carbocycles. The molecular formula is C15H19FN4O. The molecule has 5 nitrogen and oxygen atoms in total. The van der Waals surface area contributed by atoms with E-state index >= 15 is 0 Å². The maximum Gasteiger partial charge on any atom is 0.242 e. The van der Waals surface area contributed by atoms with Gasteiger partial charge in [0.2, 0.25) is 5.91 Å². The van der Waals surface area contributed by atoms with Gasteiger partial charge < -0.3 is 10.6 Å². The molecule has 0 aliphatic rings. The van der Waals surface area contributed by atoms with Gasteiger partial charge in [0.1, 0.15) is 11.9 Å². The average molecular weight is 290 g/mol. The molecule has 2 aromatic rings. The lowest BCUT2D eigenvalue weighted by molar-refractivity contribution is -0.121. The Bertz CT molecular complexity index is 594. The molecule has 112 valence electrons. The maximum absolute atomic E-state index is 12.8. The zero-order valence-electron chi connectivity index (χ0n) is 12.1. The quantitative estimate of drug-likeness (QED) is 0.857. The van der Waals surface area contributed by atoms with Gasteiger partial charge >= 0.3 is 0 Å². The second kappa shape index (κ2) is 6.88. The van der Waals surface area contributed by atoms with Gasteiger partial charge in [-0.1, -0.05) is 12.1 Å². The molecule has 0 fully saturated rings. The lowest BCUT2D eigenvalue weighted by Gasteiger charge is -2.13. The van der Waals surface area contributed by atoms with Crippen LogP contribution in [0.15, 0.2) is 36.7 Å². The number of carbonyl (C=O) groups excluding carboxylic acids is 1. The summed E-state index contributed by atoms with van der Waals surface area (Å²) in [4.78, 5) is 12.0. The minimum absolute atomic E-state index is 0.122. The molecule has 21 heavy (non-hydrogen) atoms. The van der Waals surface area contributed by atoms with Crippen molar-refractivity contribution in [1.29, 1.82) is 0 Å². The molecule has 1 aromatic carbocycles. The number of anilines is 1. The number of hydrogen-bond donors (Lipinski definition) is 2. The minimum Gasteiger partial charge on any atom is -0.371 e. The van der Waals surface area contributed by atoms with Crippen molar-refractivity contribution < 1.29 is 9.18 Å². The van der Waals surface area contributed by atoms with Crippen LogP contribution < -0.4 is 10.6 Å². The van der Waals surface area contributed by atoms with Crippen molar-refractivity contribution in [2.45, 2.75) is 33.0 Å². The second-order valence-electron chi connectivity index (χ2n) is 4.79. The van der Waals surface area contributed by atoms with Gasteiger partial charge in [0, 0.05) is 19.3 Å². The Kier molecular flexibility index (Phi) is 4.92. The highest BCUT2D eigenvalue weighted by atomic mass is 19.1. The van der Waals surface area contributed by atoms with E-state index in [1.165, 1.54) is 12.1 Å². The van der Waals surface area contributed by atoms with E-state index in [-0.39, 0.29) is 17.8 Å². The lowest BCUT2D eigenvalue weighted by atomic mass is 10.2. The molecular weight excluding hydrogens is 271 g/mol. The Hall–Kier alpha value is -2.37. The van der Waals surface area contributed by atoms with Gasteiger partial charge in [-0.2, -0.15) is 5.10 Å². The maximum atomic E-state index is 12.8. The Morgan fingerprint density at radius 3 is 2.71 bits per heavy atom. The topological polar surface area (TPSA) is 59.0 Å². The van der Waals surface area contributed by atoms with Gasteiger partial charge in [0.05, 0.1) is 11.9 Å². The van der Waals surface area contributed by atoms with Crippen LogP contribution >= 0.6 is 0 Å². The molecule has 0 unspecified atom stereocenters. The summed E-state index contributed by atoms with van der Waals surface area (Å²) in [5.41, 5.74) is 1.66. The van der Waals surface area contributed by atoms with E-state index in [1.807, 2.05) is 13.1 Å². The summed E-state index contributed by atoms with van der Waals surface area (Å²) in [5, 5.41) is 10.0. The highest BCUT2D eigenvalue weighted by Gasteiger charge is 2.12. The fourth-order valence-electron chi connectivity index (χ4n) is 1.87. The summed E-state index contributed by atoms with van der Waals surface area (Å²) in [6.45, 7) is 4.94. The van der Waals surface area contributed by atoms with Crippen molar-refractivity contribution in [3.63, 3.8) is 0 Å². The molecule has 1 amide bonds. The summed E-state index contributed by atoms with van der Waals surface area (Å²) in [5.74, 6) is -0.406. The third-order valence-electron chi connectivity index (χ3n) is 3.11. The van der Waals surface area contributed by atoms with Gasteiger partial charge in [0.15, 0.2) is 0 Å². The van der Waals surface area contributed by atoms with E-state index in [0.717, 1.165) is 17.8 Å². The Labute approximate surface area is 123 Å². The van der Waals surface area contributed by atoms with Gasteiger partial charge in [-0.05, 0) is 31.5 Å². The van der Waals surface area contributed by atoms with E-state index in [2.05, 4.69) is 15.7 Å². The summed E-state index contributed by atoms with van der Waals surface area (Å²) >= 11 is 0. The zero-order valence-corrected chi connectivity index (χ0v) is 12.1. The third-order valence-corrected chi connectivity index (χ3v) is 3.11. The Morgan fingerprint density at radius 1 is 1.38 bits per heavy atom. The molecule has 1 heterocycles. The summed E-state index contributed by atoms with van der Waals surface area (Å²) in [7, 11) is 0. The molecule has 0 aliphatic carbocycles. The second-order valence-corrected chi connectivity index (χ2v) is 4.79. The van der Waals surface area contributed by atoms with Crippen LogP contribution in [0, 0.1) is 5.82 Å². The van der Waals surface area contributed by atoms with Crippen molar-refractivity contribution in [2.24, 2.45) is 0 Å². The van der Waals surface area contributed by atoms with Crippen LogP contribution in [0.5, 0.6) is 0 Å². The van der Waals surface area contributed by atoms with Crippen LogP contribution in [0.2, 0.25) is 0 Å². The largest absolute Gasteiger partial charge is 0.371 e. The molecule has 6 heteroatoms. The zero-order chi connectivity index (χ0) is 15.2. The fourth-order valence-corrected chi connectivity index (χ4v) is 1.87. The first-order valence-electron chi connectivity index (χ1n) is 6.89. The number of benzene rings is 1. The van der Waals surface area contributed by atoms with Crippen LogP contribution in [0.1, 0.15) is 19.4 Å². The molecule has 0 bridgehead atoms. The Morgan fingerprint density at radius 2 is 2.10 bits per heavy atom. The molecule has 1 atom stereocenters. The average Bonchev–Trinajstić information content (AvgIpc) is 2.94. The molecule has 0 radical (unpaired) electrons. The number of aryl methyl sites for hydroxylation is 1. The number of hydrogen-bond acceptors (Lipinski definition) is 3. The molecule has 2 N–H and O–H groups in total. The van der Waals surface area contributed by atoms with E-state index in [0.29, 0.717) is 6.54 Å². The number of nitrogens with zero attached hydrogens (tertiary/aromatic N) is 2. The van der Waals surface area contributed by atoms with Crippen LogP contribution in [0.4, 0.5) is 10.1 Å². The molecule has 2 rings (SSSR count). The predicted octanol–water partition coefficient (Wildman–Crippen LogP) is 2.16. The predicted molar refractivity (Wildman–Crippen MR) is 79.2 cm³/mol.